The average Bonchev–Trinajstić information content (AvgIpc) is 3.04. The van der Waals surface area contributed by atoms with E-state index in [0.717, 1.165) is 29.5 Å². The molecule has 0 spiro atoms. The zero-order valence-electron chi connectivity index (χ0n) is 17.0. The lowest BCUT2D eigenvalue weighted by atomic mass is 10.1. The van der Waals surface area contributed by atoms with Gasteiger partial charge in [0.15, 0.2) is 5.75 Å². The van der Waals surface area contributed by atoms with Crippen molar-refractivity contribution < 1.29 is 29.5 Å². The number of ether oxygens (including phenoxy) is 1. The molecule has 0 radical (unpaired) electrons. The van der Waals surface area contributed by atoms with E-state index in [0.29, 0.717) is 0 Å². The van der Waals surface area contributed by atoms with E-state index in [1.807, 2.05) is 6.92 Å². The maximum atomic E-state index is 12.9. The maximum Gasteiger partial charge on any atom is 0.340 e. The number of phenols is 1. The lowest BCUT2D eigenvalue weighted by Crippen LogP contribution is -2.17. The van der Waals surface area contributed by atoms with Crippen molar-refractivity contribution in [1.82, 2.24) is 0 Å². The third kappa shape index (κ3) is 4.86. The van der Waals surface area contributed by atoms with E-state index >= 15 is 0 Å². The molecule has 0 aromatic heterocycles. The number of aryl methyl sites for hydroxylation is 1. The zero-order chi connectivity index (χ0) is 23.4. The maximum absolute atomic E-state index is 12.9. The average molecular weight is 453 g/mol. The molecular weight excluding hydrogens is 436 g/mol. The molecule has 1 N–H and O–H groups in total. The molecular formula is C22H17N2O7S-. The number of thioether (sulfide) groups is 1. The second-order valence-electron chi connectivity index (χ2n) is 6.63. The van der Waals surface area contributed by atoms with Crippen LogP contribution in [0.4, 0.5) is 5.69 Å². The van der Waals surface area contributed by atoms with Gasteiger partial charge in [-0.15, -0.1) is 0 Å². The van der Waals surface area contributed by atoms with E-state index in [4.69, 9.17) is 4.74 Å². The van der Waals surface area contributed by atoms with Crippen molar-refractivity contribution in [2.75, 3.05) is 6.61 Å². The van der Waals surface area contributed by atoms with Gasteiger partial charge in [0.2, 0.25) is 0 Å². The molecule has 0 bridgehead atoms. The number of aliphatic imine (C=N–C) groups is 1. The van der Waals surface area contributed by atoms with Gasteiger partial charge >= 0.3 is 11.7 Å². The summed E-state index contributed by atoms with van der Waals surface area (Å²) >= 11 is 0.791. The summed E-state index contributed by atoms with van der Waals surface area (Å²) in [5, 5.41) is 33.4. The number of rotatable bonds is 5. The molecule has 10 heteroatoms. The number of hydrogen-bond donors (Lipinski definition) is 1. The highest BCUT2D eigenvalue weighted by molar-refractivity contribution is 8.18. The SMILES string of the molecule is CCOC(=O)C1=C([O-])/C(=C\c2ccc(O)c([N+](=O)[O-])c2)SC1=NC(=O)c1ccc(C)cc1. The minimum atomic E-state index is -0.916. The normalized spacial score (nSPS) is 15.9. The second-order valence-corrected chi connectivity index (χ2v) is 7.66. The van der Waals surface area contributed by atoms with Crippen LogP contribution in [0, 0.1) is 17.0 Å². The fourth-order valence-corrected chi connectivity index (χ4v) is 3.76. The number of aromatic hydroxyl groups is 1. The Balaban J connectivity index is 2.03. The van der Waals surface area contributed by atoms with E-state index in [1.54, 1.807) is 31.2 Å². The number of benzene rings is 2. The number of esters is 1. The highest BCUT2D eigenvalue weighted by Gasteiger charge is 2.29. The fourth-order valence-electron chi connectivity index (χ4n) is 2.76. The Morgan fingerprint density at radius 1 is 1.22 bits per heavy atom. The third-order valence-electron chi connectivity index (χ3n) is 4.35. The summed E-state index contributed by atoms with van der Waals surface area (Å²) in [6, 6.07) is 10.2. The first-order chi connectivity index (χ1) is 15.2. The van der Waals surface area contributed by atoms with Gasteiger partial charge in [0, 0.05) is 16.5 Å². The Labute approximate surface area is 186 Å². The first-order valence-corrected chi connectivity index (χ1v) is 10.2. The standard InChI is InChI=1S/C22H18N2O7S/c1-3-31-22(28)18-19(26)17(11-13-6-9-16(25)15(10-13)24(29)30)32-21(18)23-20(27)14-7-4-12(2)5-8-14/h4-11,25-26H,3H2,1-2H3/p-1/b17-11+,23-21?. The van der Waals surface area contributed by atoms with Crippen molar-refractivity contribution >= 4 is 40.4 Å². The van der Waals surface area contributed by atoms with Crippen LogP contribution in [-0.4, -0.2) is 33.6 Å². The minimum absolute atomic E-state index is 0.0165. The smallest absolute Gasteiger partial charge is 0.340 e. The van der Waals surface area contributed by atoms with Gasteiger partial charge in [-0.25, -0.2) is 9.79 Å². The quantitative estimate of drug-likeness (QED) is 0.413. The molecule has 0 atom stereocenters. The van der Waals surface area contributed by atoms with E-state index in [1.165, 1.54) is 12.1 Å². The van der Waals surface area contributed by atoms with Crippen LogP contribution in [0.1, 0.15) is 28.4 Å². The molecule has 1 aliphatic rings. The summed E-state index contributed by atoms with van der Waals surface area (Å²) < 4.78 is 4.94. The molecule has 32 heavy (non-hydrogen) atoms. The molecule has 2 aromatic carbocycles. The molecule has 1 heterocycles. The lowest BCUT2D eigenvalue weighted by Gasteiger charge is -2.10. The number of nitro groups is 1. The minimum Gasteiger partial charge on any atom is -0.871 e. The van der Waals surface area contributed by atoms with Crippen molar-refractivity contribution in [3.63, 3.8) is 0 Å². The summed E-state index contributed by atoms with van der Waals surface area (Å²) in [6.07, 6.45) is 1.32. The second kappa shape index (κ2) is 9.48. The number of hydrogen-bond acceptors (Lipinski definition) is 8. The molecule has 0 aliphatic carbocycles. The summed E-state index contributed by atoms with van der Waals surface area (Å²) in [5.74, 6) is -2.78. The highest BCUT2D eigenvalue weighted by atomic mass is 32.2. The van der Waals surface area contributed by atoms with Crippen molar-refractivity contribution in [1.29, 1.82) is 0 Å². The number of phenolic OH excluding ortho intramolecular Hbond substituents is 1. The van der Waals surface area contributed by atoms with Gasteiger partial charge in [-0.1, -0.05) is 41.3 Å². The summed E-state index contributed by atoms with van der Waals surface area (Å²) in [5.41, 5.74) is 0.571. The molecule has 9 nitrogen and oxygen atoms in total. The molecule has 1 aliphatic heterocycles. The topological polar surface area (TPSA) is 142 Å². The van der Waals surface area contributed by atoms with Gasteiger partial charge < -0.3 is 14.9 Å². The first kappa shape index (κ1) is 22.8. The number of amides is 1. The number of nitro benzene ring substituents is 1. The predicted octanol–water partition coefficient (Wildman–Crippen LogP) is 3.11. The fraction of sp³-hybridized carbons (Fsp3) is 0.136. The Bertz CT molecular complexity index is 1200. The summed E-state index contributed by atoms with van der Waals surface area (Å²) in [6.45, 7) is 3.46. The zero-order valence-corrected chi connectivity index (χ0v) is 17.8. The van der Waals surface area contributed by atoms with Crippen LogP contribution in [-0.2, 0) is 9.53 Å². The molecule has 0 saturated carbocycles. The molecule has 164 valence electrons. The molecule has 1 amide bonds. The van der Waals surface area contributed by atoms with Crippen molar-refractivity contribution in [2.24, 2.45) is 4.99 Å². The van der Waals surface area contributed by atoms with Gasteiger partial charge in [0.05, 0.1) is 17.1 Å². The van der Waals surface area contributed by atoms with Gasteiger partial charge in [-0.05, 0) is 43.7 Å². The largest absolute Gasteiger partial charge is 0.871 e. The molecule has 3 rings (SSSR count). The van der Waals surface area contributed by atoms with Gasteiger partial charge in [-0.3, -0.25) is 14.9 Å². The van der Waals surface area contributed by atoms with Crippen molar-refractivity contribution in [3.8, 4) is 5.75 Å². The highest BCUT2D eigenvalue weighted by Crippen LogP contribution is 2.38. The van der Waals surface area contributed by atoms with Gasteiger partial charge in [-0.2, -0.15) is 0 Å². The molecule has 2 aromatic rings. The number of nitrogens with zero attached hydrogens (tertiary/aromatic N) is 2. The summed E-state index contributed by atoms with van der Waals surface area (Å²) in [4.78, 5) is 39.2. The van der Waals surface area contributed by atoms with Gasteiger partial charge in [0.25, 0.3) is 5.91 Å². The molecule has 0 unspecified atom stereocenters. The lowest BCUT2D eigenvalue weighted by molar-refractivity contribution is -0.385. The van der Waals surface area contributed by atoms with E-state index in [2.05, 4.69) is 4.99 Å². The Hall–Kier alpha value is -3.92. The van der Waals surface area contributed by atoms with Gasteiger partial charge in [0.1, 0.15) is 5.04 Å². The number of carbonyl (C=O) groups excluding carboxylic acids is 2. The van der Waals surface area contributed by atoms with Crippen LogP contribution in [0.5, 0.6) is 5.75 Å². The van der Waals surface area contributed by atoms with Crippen molar-refractivity contribution in [2.45, 2.75) is 13.8 Å². The third-order valence-corrected chi connectivity index (χ3v) is 5.36. The predicted molar refractivity (Wildman–Crippen MR) is 117 cm³/mol. The van der Waals surface area contributed by atoms with E-state index < -0.39 is 34.0 Å². The molecule has 0 saturated heterocycles. The first-order valence-electron chi connectivity index (χ1n) is 9.37. The van der Waals surface area contributed by atoms with E-state index in [-0.39, 0.29) is 33.3 Å². The van der Waals surface area contributed by atoms with Crippen LogP contribution < -0.4 is 5.11 Å². The Kier molecular flexibility index (Phi) is 6.74. The van der Waals surface area contributed by atoms with Crippen LogP contribution in [0.15, 0.2) is 63.7 Å². The van der Waals surface area contributed by atoms with Crippen molar-refractivity contribution in [3.05, 3.63) is 85.5 Å². The van der Waals surface area contributed by atoms with Crippen LogP contribution >= 0.6 is 11.8 Å². The van der Waals surface area contributed by atoms with Crippen LogP contribution in [0.2, 0.25) is 0 Å². The van der Waals surface area contributed by atoms with Crippen LogP contribution in [0.3, 0.4) is 0 Å². The number of carbonyl (C=O) groups is 2. The monoisotopic (exact) mass is 453 g/mol. The van der Waals surface area contributed by atoms with E-state index in [9.17, 15) is 29.9 Å². The van der Waals surface area contributed by atoms with Crippen LogP contribution in [0.25, 0.3) is 6.08 Å². The Morgan fingerprint density at radius 3 is 2.53 bits per heavy atom. The molecule has 0 fully saturated rings. The Morgan fingerprint density at radius 2 is 1.91 bits per heavy atom. The summed E-state index contributed by atoms with van der Waals surface area (Å²) in [7, 11) is 0.